The zero-order valence-corrected chi connectivity index (χ0v) is 12.2. The molecule has 8 heteroatoms. The van der Waals surface area contributed by atoms with Crippen molar-refractivity contribution in [2.24, 2.45) is 0 Å². The lowest BCUT2D eigenvalue weighted by Gasteiger charge is -2.27. The maximum absolute atomic E-state index is 13.2. The number of carboxylic acid groups (broad SMARTS) is 1. The lowest BCUT2D eigenvalue weighted by atomic mass is 9.97. The van der Waals surface area contributed by atoms with Gasteiger partial charge in [-0.15, -0.1) is 0 Å². The molecule has 6 nitrogen and oxygen atoms in total. The van der Waals surface area contributed by atoms with Gasteiger partial charge in [-0.3, -0.25) is 0 Å². The molecule has 1 aromatic carbocycles. The number of rotatable bonds is 3. The molecule has 1 fully saturated rings. The fourth-order valence-corrected chi connectivity index (χ4v) is 2.72. The van der Waals surface area contributed by atoms with Crippen molar-refractivity contribution in [3.63, 3.8) is 0 Å². The summed E-state index contributed by atoms with van der Waals surface area (Å²) in [6, 6.07) is 3.26. The molecule has 0 bridgehead atoms. The molecule has 1 aliphatic rings. The topological polar surface area (TPSA) is 79.5 Å². The second-order valence-electron chi connectivity index (χ2n) is 5.55. The molecule has 1 aliphatic heterocycles. The monoisotopic (exact) mass is 323 g/mol. The Bertz CT molecular complexity index is 691. The number of aromatic nitrogens is 2. The number of hydrogen-bond acceptors (Lipinski definition) is 4. The minimum Gasteiger partial charge on any atom is -0.465 e. The van der Waals surface area contributed by atoms with Gasteiger partial charge in [0.2, 0.25) is 5.89 Å². The number of halogens is 2. The third-order valence-corrected chi connectivity index (χ3v) is 3.88. The summed E-state index contributed by atoms with van der Waals surface area (Å²) in [4.78, 5) is 16.5. The molecular weight excluding hydrogens is 308 g/mol. The highest BCUT2D eigenvalue weighted by Gasteiger charge is 2.27. The van der Waals surface area contributed by atoms with E-state index in [0.717, 1.165) is 6.07 Å². The van der Waals surface area contributed by atoms with E-state index in [9.17, 15) is 13.6 Å². The van der Waals surface area contributed by atoms with Crippen LogP contribution < -0.4 is 0 Å². The van der Waals surface area contributed by atoms with Crippen molar-refractivity contribution in [1.29, 1.82) is 0 Å². The van der Waals surface area contributed by atoms with E-state index >= 15 is 0 Å². The molecule has 0 unspecified atom stereocenters. The van der Waals surface area contributed by atoms with Gasteiger partial charge in [-0.05, 0) is 30.5 Å². The second kappa shape index (κ2) is 6.31. The van der Waals surface area contributed by atoms with Crippen LogP contribution in [-0.4, -0.2) is 39.3 Å². The first-order valence-corrected chi connectivity index (χ1v) is 7.26. The lowest BCUT2D eigenvalue weighted by Crippen LogP contribution is -2.36. The first-order chi connectivity index (χ1) is 11.0. The van der Waals surface area contributed by atoms with Crippen molar-refractivity contribution in [2.75, 3.05) is 13.1 Å². The normalized spacial score (nSPS) is 15.8. The Balaban J connectivity index is 1.65. The summed E-state index contributed by atoms with van der Waals surface area (Å²) in [6.45, 7) is 0.847. The first-order valence-electron chi connectivity index (χ1n) is 7.26. The molecule has 1 aromatic heterocycles. The summed E-state index contributed by atoms with van der Waals surface area (Å²) in [5, 5.41) is 12.8. The Hall–Kier alpha value is -2.51. The van der Waals surface area contributed by atoms with Crippen LogP contribution in [0.4, 0.5) is 13.6 Å². The van der Waals surface area contributed by atoms with Gasteiger partial charge in [0, 0.05) is 31.5 Å². The molecule has 0 atom stereocenters. The quantitative estimate of drug-likeness (QED) is 0.939. The number of carbonyl (C=O) groups is 1. The summed E-state index contributed by atoms with van der Waals surface area (Å²) in [5.74, 6) is -0.488. The zero-order chi connectivity index (χ0) is 16.4. The van der Waals surface area contributed by atoms with E-state index in [4.69, 9.17) is 9.63 Å². The molecule has 122 valence electrons. The fraction of sp³-hybridized carbons (Fsp3) is 0.400. The summed E-state index contributed by atoms with van der Waals surface area (Å²) in [5.41, 5.74) is 0.426. The van der Waals surface area contributed by atoms with E-state index in [2.05, 4.69) is 10.1 Å². The average Bonchev–Trinajstić information content (AvgIpc) is 2.94. The SMILES string of the molecule is O=C(O)N1CCC(c2nc(Cc3cc(F)cc(F)c3)no2)CC1. The predicted octanol–water partition coefficient (Wildman–Crippen LogP) is 2.80. The first kappa shape index (κ1) is 15.4. The molecule has 1 saturated heterocycles. The van der Waals surface area contributed by atoms with Gasteiger partial charge in [0.25, 0.3) is 0 Å². The molecule has 23 heavy (non-hydrogen) atoms. The van der Waals surface area contributed by atoms with Crippen molar-refractivity contribution in [2.45, 2.75) is 25.2 Å². The van der Waals surface area contributed by atoms with Crippen molar-refractivity contribution in [1.82, 2.24) is 15.0 Å². The van der Waals surface area contributed by atoms with E-state index in [1.165, 1.54) is 17.0 Å². The Labute approximate surface area is 130 Å². The molecule has 2 aromatic rings. The molecule has 1 amide bonds. The van der Waals surface area contributed by atoms with E-state index in [-0.39, 0.29) is 12.3 Å². The van der Waals surface area contributed by atoms with Crippen molar-refractivity contribution in [3.05, 3.63) is 47.1 Å². The van der Waals surface area contributed by atoms with Crippen LogP contribution in [0.3, 0.4) is 0 Å². The van der Waals surface area contributed by atoms with Gasteiger partial charge >= 0.3 is 6.09 Å². The third kappa shape index (κ3) is 3.64. The number of benzene rings is 1. The number of piperidine rings is 1. The average molecular weight is 323 g/mol. The Morgan fingerprint density at radius 2 is 1.91 bits per heavy atom. The zero-order valence-electron chi connectivity index (χ0n) is 12.2. The van der Waals surface area contributed by atoms with Crippen LogP contribution in [0.5, 0.6) is 0 Å². The van der Waals surface area contributed by atoms with Crippen LogP contribution in [0, 0.1) is 11.6 Å². The highest BCUT2D eigenvalue weighted by molar-refractivity contribution is 5.65. The smallest absolute Gasteiger partial charge is 0.407 e. The van der Waals surface area contributed by atoms with Crippen molar-refractivity contribution >= 4 is 6.09 Å². The number of hydrogen-bond donors (Lipinski definition) is 1. The molecular formula is C15H15F2N3O3. The van der Waals surface area contributed by atoms with Crippen LogP contribution in [0.2, 0.25) is 0 Å². The van der Waals surface area contributed by atoms with Crippen LogP contribution in [0.15, 0.2) is 22.7 Å². The van der Waals surface area contributed by atoms with E-state index in [1.807, 2.05) is 0 Å². The summed E-state index contributed by atoms with van der Waals surface area (Å²) >= 11 is 0. The lowest BCUT2D eigenvalue weighted by molar-refractivity contribution is 0.128. The minimum absolute atomic E-state index is 0.0103. The van der Waals surface area contributed by atoms with Crippen molar-refractivity contribution < 1.29 is 23.2 Å². The molecule has 0 aliphatic carbocycles. The largest absolute Gasteiger partial charge is 0.465 e. The van der Waals surface area contributed by atoms with Crippen LogP contribution >= 0.6 is 0 Å². The third-order valence-electron chi connectivity index (χ3n) is 3.88. The second-order valence-corrected chi connectivity index (χ2v) is 5.55. The van der Waals surface area contributed by atoms with E-state index in [1.54, 1.807) is 0 Å². The van der Waals surface area contributed by atoms with Gasteiger partial charge in [-0.2, -0.15) is 4.98 Å². The molecule has 0 saturated carbocycles. The maximum atomic E-state index is 13.2. The predicted molar refractivity (Wildman–Crippen MR) is 75.0 cm³/mol. The molecule has 0 spiro atoms. The van der Waals surface area contributed by atoms with Gasteiger partial charge in [-0.1, -0.05) is 5.16 Å². The minimum atomic E-state index is -0.928. The van der Waals surface area contributed by atoms with Crippen LogP contribution in [0.1, 0.15) is 36.0 Å². The fourth-order valence-electron chi connectivity index (χ4n) is 2.72. The van der Waals surface area contributed by atoms with Gasteiger partial charge < -0.3 is 14.5 Å². The number of likely N-dealkylation sites (tertiary alicyclic amines) is 1. The molecule has 1 N–H and O–H groups in total. The number of nitrogens with zero attached hydrogens (tertiary/aromatic N) is 3. The van der Waals surface area contributed by atoms with E-state index in [0.29, 0.717) is 43.2 Å². The molecule has 0 radical (unpaired) electrons. The van der Waals surface area contributed by atoms with Crippen molar-refractivity contribution in [3.8, 4) is 0 Å². The van der Waals surface area contributed by atoms with Crippen LogP contribution in [0.25, 0.3) is 0 Å². The molecule has 3 rings (SSSR count). The summed E-state index contributed by atoms with van der Waals surface area (Å²) < 4.78 is 31.6. The number of amides is 1. The maximum Gasteiger partial charge on any atom is 0.407 e. The Morgan fingerprint density at radius 1 is 1.26 bits per heavy atom. The summed E-state index contributed by atoms with van der Waals surface area (Å²) in [6.07, 6.45) is 0.472. The van der Waals surface area contributed by atoms with Gasteiger partial charge in [0.1, 0.15) is 11.6 Å². The van der Waals surface area contributed by atoms with Gasteiger partial charge in [0.05, 0.1) is 0 Å². The highest BCUT2D eigenvalue weighted by Crippen LogP contribution is 2.27. The van der Waals surface area contributed by atoms with Gasteiger partial charge in [0.15, 0.2) is 5.82 Å². The van der Waals surface area contributed by atoms with Gasteiger partial charge in [-0.25, -0.2) is 13.6 Å². The Morgan fingerprint density at radius 3 is 2.52 bits per heavy atom. The standard InChI is InChI=1S/C15H15F2N3O3/c16-11-5-9(6-12(17)8-11)7-13-18-14(23-19-13)10-1-3-20(4-2-10)15(21)22/h5-6,8,10H,1-4,7H2,(H,21,22). The molecule has 2 heterocycles. The Kier molecular flexibility index (Phi) is 4.22. The highest BCUT2D eigenvalue weighted by atomic mass is 19.1. The summed E-state index contributed by atoms with van der Waals surface area (Å²) in [7, 11) is 0. The van der Waals surface area contributed by atoms with Crippen LogP contribution in [-0.2, 0) is 6.42 Å². The van der Waals surface area contributed by atoms with E-state index < -0.39 is 17.7 Å².